The third-order valence-electron chi connectivity index (χ3n) is 4.90. The van der Waals surface area contributed by atoms with Gasteiger partial charge < -0.3 is 9.64 Å². The molecule has 152 valence electrons. The van der Waals surface area contributed by atoms with E-state index in [-0.39, 0.29) is 24.8 Å². The zero-order chi connectivity index (χ0) is 20.9. The Hall–Kier alpha value is -3.80. The summed E-state index contributed by atoms with van der Waals surface area (Å²) in [6.07, 6.45) is -0.420. The zero-order valence-corrected chi connectivity index (χ0v) is 16.7. The van der Waals surface area contributed by atoms with Crippen LogP contribution in [-0.4, -0.2) is 24.5 Å². The molecule has 3 aromatic carbocycles. The highest BCUT2D eigenvalue weighted by Crippen LogP contribution is 2.33. The van der Waals surface area contributed by atoms with Crippen LogP contribution < -0.4 is 20.1 Å². The van der Waals surface area contributed by atoms with Gasteiger partial charge in [0.1, 0.15) is 5.75 Å². The number of fused-ring (bicyclic) bond motifs is 1. The minimum Gasteiger partial charge on any atom is -0.479 e. The van der Waals surface area contributed by atoms with E-state index in [4.69, 9.17) is 4.74 Å². The Labute approximate surface area is 175 Å². The number of hydrogen-bond donors (Lipinski definition) is 1. The number of hydrogen-bond acceptors (Lipinski definition) is 4. The van der Waals surface area contributed by atoms with Crippen LogP contribution in [0.15, 0.2) is 84.9 Å². The van der Waals surface area contributed by atoms with Crippen molar-refractivity contribution >= 4 is 28.9 Å². The molecule has 1 unspecified atom stereocenters. The normalized spacial score (nSPS) is 15.2. The lowest BCUT2D eigenvalue weighted by atomic mass is 10.1. The summed E-state index contributed by atoms with van der Waals surface area (Å²) in [4.78, 5) is 27.1. The monoisotopic (exact) mass is 401 g/mol. The number of carbonyl (C=O) groups excluding carboxylic acids is 2. The molecule has 1 aliphatic rings. The van der Waals surface area contributed by atoms with E-state index in [1.165, 1.54) is 0 Å². The van der Waals surface area contributed by atoms with Crippen molar-refractivity contribution in [2.75, 3.05) is 16.5 Å². The quantitative estimate of drug-likeness (QED) is 0.633. The highest BCUT2D eigenvalue weighted by molar-refractivity contribution is 6.00. The van der Waals surface area contributed by atoms with Gasteiger partial charge in [0.2, 0.25) is 5.91 Å². The number of carbonyl (C=O) groups is 2. The van der Waals surface area contributed by atoms with Gasteiger partial charge in [-0.3, -0.25) is 20.0 Å². The molecule has 0 bridgehead atoms. The van der Waals surface area contributed by atoms with Gasteiger partial charge >= 0.3 is 0 Å². The van der Waals surface area contributed by atoms with Crippen LogP contribution >= 0.6 is 0 Å². The van der Waals surface area contributed by atoms with Crippen LogP contribution in [0.4, 0.5) is 17.1 Å². The Kier molecular flexibility index (Phi) is 5.66. The molecule has 1 atom stereocenters. The van der Waals surface area contributed by atoms with Crippen LogP contribution in [-0.2, 0) is 9.59 Å². The van der Waals surface area contributed by atoms with Crippen LogP contribution in [0.5, 0.6) is 5.75 Å². The maximum Gasteiger partial charge on any atom is 0.267 e. The largest absolute Gasteiger partial charge is 0.479 e. The van der Waals surface area contributed by atoms with E-state index < -0.39 is 6.10 Å². The average molecular weight is 401 g/mol. The molecule has 2 amide bonds. The fourth-order valence-corrected chi connectivity index (χ4v) is 3.42. The molecule has 1 N–H and O–H groups in total. The first-order chi connectivity index (χ1) is 14.6. The topological polar surface area (TPSA) is 61.9 Å². The molecule has 6 heteroatoms. The molecule has 0 fully saturated rings. The fourth-order valence-electron chi connectivity index (χ4n) is 3.42. The summed E-state index contributed by atoms with van der Waals surface area (Å²) in [5, 5.41) is 1.75. The van der Waals surface area contributed by atoms with Gasteiger partial charge in [-0.1, -0.05) is 48.5 Å². The van der Waals surface area contributed by atoms with Crippen molar-refractivity contribution in [3.8, 4) is 5.75 Å². The Morgan fingerprint density at radius 1 is 0.933 bits per heavy atom. The molecule has 0 radical (unpaired) electrons. The number of ether oxygens (including phenoxy) is 1. The minimum atomic E-state index is -0.576. The van der Waals surface area contributed by atoms with Crippen LogP contribution in [0.1, 0.15) is 13.3 Å². The van der Waals surface area contributed by atoms with Crippen molar-refractivity contribution in [2.24, 2.45) is 0 Å². The third kappa shape index (κ3) is 4.12. The lowest BCUT2D eigenvalue weighted by Crippen LogP contribution is -2.46. The smallest absolute Gasteiger partial charge is 0.267 e. The predicted octanol–water partition coefficient (Wildman–Crippen LogP) is 4.06. The number of benzene rings is 3. The summed E-state index contributed by atoms with van der Waals surface area (Å²) in [6, 6.07) is 26.6. The third-order valence-corrected chi connectivity index (χ3v) is 4.90. The molecule has 0 aromatic heterocycles. The van der Waals surface area contributed by atoms with Gasteiger partial charge in [-0.05, 0) is 43.3 Å². The lowest BCUT2D eigenvalue weighted by Gasteiger charge is -2.33. The first-order valence-corrected chi connectivity index (χ1v) is 9.90. The Morgan fingerprint density at radius 2 is 1.50 bits per heavy atom. The highest BCUT2D eigenvalue weighted by atomic mass is 16.5. The Morgan fingerprint density at radius 3 is 2.13 bits per heavy atom. The molecule has 4 rings (SSSR count). The molecule has 1 heterocycles. The second-order valence-corrected chi connectivity index (χ2v) is 7.01. The van der Waals surface area contributed by atoms with Crippen molar-refractivity contribution in [1.29, 1.82) is 0 Å². The number of nitrogens with one attached hydrogen (secondary N) is 1. The number of para-hydroxylation sites is 4. The van der Waals surface area contributed by atoms with Crippen LogP contribution in [0.3, 0.4) is 0 Å². The van der Waals surface area contributed by atoms with Gasteiger partial charge in [-0.2, -0.15) is 0 Å². The van der Waals surface area contributed by atoms with Gasteiger partial charge in [-0.15, -0.1) is 0 Å². The molecular formula is C24H23N3O3. The van der Waals surface area contributed by atoms with Gasteiger partial charge in [-0.25, -0.2) is 0 Å². The number of amides is 2. The maximum atomic E-state index is 12.8. The summed E-state index contributed by atoms with van der Waals surface area (Å²) < 4.78 is 5.66. The van der Waals surface area contributed by atoms with Gasteiger partial charge in [0.05, 0.1) is 17.1 Å². The zero-order valence-electron chi connectivity index (χ0n) is 16.7. The lowest BCUT2D eigenvalue weighted by molar-refractivity contribution is -0.125. The molecular weight excluding hydrogens is 378 g/mol. The fraction of sp³-hybridized carbons (Fsp3) is 0.167. The van der Waals surface area contributed by atoms with Crippen molar-refractivity contribution in [3.63, 3.8) is 0 Å². The number of hydrazine groups is 1. The van der Waals surface area contributed by atoms with Gasteiger partial charge in [0.15, 0.2) is 6.10 Å². The number of anilines is 3. The SMILES string of the molecule is CC1Oc2ccccc2N(CCC(=O)NN(c2ccccc2)c2ccccc2)C1=O. The second kappa shape index (κ2) is 8.69. The summed E-state index contributed by atoms with van der Waals surface area (Å²) >= 11 is 0. The summed E-state index contributed by atoms with van der Waals surface area (Å²) in [5.41, 5.74) is 5.35. The van der Waals surface area contributed by atoms with Crippen LogP contribution in [0, 0.1) is 0 Å². The van der Waals surface area contributed by atoms with E-state index in [0.29, 0.717) is 11.4 Å². The molecule has 30 heavy (non-hydrogen) atoms. The van der Waals surface area contributed by atoms with Gasteiger partial charge in [0, 0.05) is 13.0 Å². The molecule has 3 aromatic rings. The van der Waals surface area contributed by atoms with E-state index in [1.807, 2.05) is 84.9 Å². The molecule has 0 aliphatic carbocycles. The maximum absolute atomic E-state index is 12.8. The minimum absolute atomic E-state index is 0.149. The summed E-state index contributed by atoms with van der Waals surface area (Å²) in [6.45, 7) is 1.99. The van der Waals surface area contributed by atoms with Gasteiger partial charge in [0.25, 0.3) is 5.91 Å². The van der Waals surface area contributed by atoms with E-state index >= 15 is 0 Å². The Bertz CT molecular complexity index is 985. The first kappa shape index (κ1) is 19.5. The van der Waals surface area contributed by atoms with Crippen molar-refractivity contribution in [2.45, 2.75) is 19.4 Å². The van der Waals surface area contributed by atoms with E-state index in [1.54, 1.807) is 16.8 Å². The van der Waals surface area contributed by atoms with Crippen molar-refractivity contribution in [1.82, 2.24) is 5.43 Å². The molecule has 6 nitrogen and oxygen atoms in total. The Balaban J connectivity index is 1.49. The number of rotatable bonds is 6. The van der Waals surface area contributed by atoms with E-state index in [2.05, 4.69) is 5.43 Å². The average Bonchev–Trinajstić information content (AvgIpc) is 2.79. The van der Waals surface area contributed by atoms with Crippen LogP contribution in [0.25, 0.3) is 0 Å². The van der Waals surface area contributed by atoms with Crippen molar-refractivity contribution in [3.05, 3.63) is 84.9 Å². The second-order valence-electron chi connectivity index (χ2n) is 7.01. The van der Waals surface area contributed by atoms with Crippen molar-refractivity contribution < 1.29 is 14.3 Å². The number of nitrogens with zero attached hydrogens (tertiary/aromatic N) is 2. The molecule has 0 spiro atoms. The first-order valence-electron chi connectivity index (χ1n) is 9.90. The predicted molar refractivity (Wildman–Crippen MR) is 117 cm³/mol. The highest BCUT2D eigenvalue weighted by Gasteiger charge is 2.31. The standard InChI is InChI=1S/C24H23N3O3/c1-18-24(29)26(21-14-8-9-15-22(21)30-18)17-16-23(28)25-27(19-10-4-2-5-11-19)20-12-6-3-7-13-20/h2-15,18H,16-17H2,1H3,(H,25,28). The molecule has 1 aliphatic heterocycles. The molecule has 0 saturated heterocycles. The summed E-state index contributed by atoms with van der Waals surface area (Å²) in [5.74, 6) is 0.316. The van der Waals surface area contributed by atoms with E-state index in [9.17, 15) is 9.59 Å². The molecule has 0 saturated carbocycles. The van der Waals surface area contributed by atoms with Crippen LogP contribution in [0.2, 0.25) is 0 Å². The summed E-state index contributed by atoms with van der Waals surface area (Å²) in [7, 11) is 0. The van der Waals surface area contributed by atoms with E-state index in [0.717, 1.165) is 11.4 Å².